The molecule has 0 spiro atoms. The lowest BCUT2D eigenvalue weighted by Crippen LogP contribution is -2.31. The summed E-state index contributed by atoms with van der Waals surface area (Å²) in [5.74, 6) is -1.69. The van der Waals surface area contributed by atoms with Crippen LogP contribution in [0.1, 0.15) is 16.8 Å². The van der Waals surface area contributed by atoms with E-state index in [4.69, 9.17) is 5.73 Å². The molecule has 0 bridgehead atoms. The Morgan fingerprint density at radius 1 is 1.47 bits per heavy atom. The fourth-order valence-corrected chi connectivity index (χ4v) is 2.01. The molecular weight excluding hydrogens is 226 g/mol. The largest absolute Gasteiger partial charge is 0.326 e. The van der Waals surface area contributed by atoms with Crippen molar-refractivity contribution in [2.24, 2.45) is 5.73 Å². The third-order valence-electron chi connectivity index (χ3n) is 2.90. The van der Waals surface area contributed by atoms with Crippen molar-refractivity contribution in [1.82, 2.24) is 4.90 Å². The molecule has 1 aromatic carbocycles. The van der Waals surface area contributed by atoms with E-state index in [1.165, 1.54) is 0 Å². The zero-order chi connectivity index (χ0) is 12.4. The molecule has 17 heavy (non-hydrogen) atoms. The highest BCUT2D eigenvalue weighted by atomic mass is 19.1. The zero-order valence-corrected chi connectivity index (χ0v) is 9.33. The highest BCUT2D eigenvalue weighted by Gasteiger charge is 2.22. The molecular formula is C12H14F2N2O. The van der Waals surface area contributed by atoms with Gasteiger partial charge in [-0.3, -0.25) is 9.69 Å². The van der Waals surface area contributed by atoms with Crippen molar-refractivity contribution in [3.63, 3.8) is 0 Å². The van der Waals surface area contributed by atoms with Gasteiger partial charge in [0.2, 0.25) is 0 Å². The second kappa shape index (κ2) is 4.89. The maximum absolute atomic E-state index is 13.3. The number of rotatable bonds is 3. The standard InChI is InChI=1S/C12H14F2N2O/c13-8-1-2-11(14)10(5-8)12(17)7-16-4-3-9(15)6-16/h1-2,5,9H,3-4,6-7,15H2. The van der Waals surface area contributed by atoms with Gasteiger partial charge in [0.15, 0.2) is 5.78 Å². The molecule has 1 heterocycles. The summed E-state index contributed by atoms with van der Waals surface area (Å²) in [6.07, 6.45) is 0.832. The lowest BCUT2D eigenvalue weighted by molar-refractivity contribution is 0.0940. The number of likely N-dealkylation sites (tertiary alicyclic amines) is 1. The van der Waals surface area contributed by atoms with Crippen LogP contribution in [0.15, 0.2) is 18.2 Å². The van der Waals surface area contributed by atoms with Crippen LogP contribution in [0, 0.1) is 11.6 Å². The van der Waals surface area contributed by atoms with Crippen molar-refractivity contribution in [3.8, 4) is 0 Å². The Kier molecular flexibility index (Phi) is 3.49. The van der Waals surface area contributed by atoms with Crippen molar-refractivity contribution >= 4 is 5.78 Å². The van der Waals surface area contributed by atoms with Crippen LogP contribution >= 0.6 is 0 Å². The maximum atomic E-state index is 13.3. The van der Waals surface area contributed by atoms with Crippen molar-refractivity contribution in [3.05, 3.63) is 35.4 Å². The van der Waals surface area contributed by atoms with Crippen LogP contribution in [-0.4, -0.2) is 36.4 Å². The molecule has 92 valence electrons. The van der Waals surface area contributed by atoms with Crippen LogP contribution in [0.4, 0.5) is 8.78 Å². The van der Waals surface area contributed by atoms with E-state index in [1.54, 1.807) is 0 Å². The number of benzene rings is 1. The van der Waals surface area contributed by atoms with Gasteiger partial charge in [0.1, 0.15) is 11.6 Å². The third-order valence-corrected chi connectivity index (χ3v) is 2.90. The first-order valence-electron chi connectivity index (χ1n) is 5.52. The molecule has 0 amide bonds. The van der Waals surface area contributed by atoms with E-state index in [1.807, 2.05) is 4.90 Å². The van der Waals surface area contributed by atoms with E-state index < -0.39 is 17.4 Å². The second-order valence-electron chi connectivity index (χ2n) is 4.33. The van der Waals surface area contributed by atoms with Crippen LogP contribution in [-0.2, 0) is 0 Å². The first kappa shape index (κ1) is 12.1. The Labute approximate surface area is 98.2 Å². The van der Waals surface area contributed by atoms with Gasteiger partial charge in [-0.15, -0.1) is 0 Å². The molecule has 5 heteroatoms. The second-order valence-corrected chi connectivity index (χ2v) is 4.33. The molecule has 1 aliphatic heterocycles. The smallest absolute Gasteiger partial charge is 0.179 e. The fraction of sp³-hybridized carbons (Fsp3) is 0.417. The molecule has 1 aromatic rings. The van der Waals surface area contributed by atoms with E-state index in [-0.39, 0.29) is 18.2 Å². The van der Waals surface area contributed by atoms with Gasteiger partial charge < -0.3 is 5.73 Å². The number of nitrogens with zero attached hydrogens (tertiary/aromatic N) is 1. The van der Waals surface area contributed by atoms with Gasteiger partial charge in [0, 0.05) is 19.1 Å². The van der Waals surface area contributed by atoms with Crippen molar-refractivity contribution in [1.29, 1.82) is 0 Å². The summed E-state index contributed by atoms with van der Waals surface area (Å²) in [7, 11) is 0. The van der Waals surface area contributed by atoms with E-state index in [9.17, 15) is 13.6 Å². The van der Waals surface area contributed by atoms with Crippen molar-refractivity contribution in [2.75, 3.05) is 19.6 Å². The Balaban J connectivity index is 2.06. The summed E-state index contributed by atoms with van der Waals surface area (Å²) in [5.41, 5.74) is 5.52. The molecule has 2 N–H and O–H groups in total. The van der Waals surface area contributed by atoms with Crippen LogP contribution in [0.2, 0.25) is 0 Å². The van der Waals surface area contributed by atoms with Gasteiger partial charge in [-0.05, 0) is 24.6 Å². The Bertz CT molecular complexity index is 437. The minimum Gasteiger partial charge on any atom is -0.326 e. The Hall–Kier alpha value is -1.33. The summed E-state index contributed by atoms with van der Waals surface area (Å²) in [5, 5.41) is 0. The molecule has 0 radical (unpaired) electrons. The van der Waals surface area contributed by atoms with Crippen LogP contribution in [0.3, 0.4) is 0 Å². The number of halogens is 2. The average Bonchev–Trinajstić information content (AvgIpc) is 2.67. The van der Waals surface area contributed by atoms with Gasteiger partial charge >= 0.3 is 0 Å². The molecule has 0 aromatic heterocycles. The van der Waals surface area contributed by atoms with Gasteiger partial charge in [0.25, 0.3) is 0 Å². The molecule has 0 saturated carbocycles. The van der Waals surface area contributed by atoms with E-state index >= 15 is 0 Å². The molecule has 2 rings (SSSR count). The predicted molar refractivity (Wildman–Crippen MR) is 59.7 cm³/mol. The van der Waals surface area contributed by atoms with E-state index in [0.29, 0.717) is 6.54 Å². The van der Waals surface area contributed by atoms with Gasteiger partial charge in [-0.2, -0.15) is 0 Å². The lowest BCUT2D eigenvalue weighted by atomic mass is 10.1. The molecule has 1 saturated heterocycles. The summed E-state index contributed by atoms with van der Waals surface area (Å²) >= 11 is 0. The SMILES string of the molecule is NC1CCN(CC(=O)c2cc(F)ccc2F)C1. The summed E-state index contributed by atoms with van der Waals surface area (Å²) < 4.78 is 26.3. The normalized spacial score (nSPS) is 20.8. The molecule has 1 fully saturated rings. The number of ketones is 1. The minimum absolute atomic E-state index is 0.0696. The highest BCUT2D eigenvalue weighted by molar-refractivity contribution is 5.97. The first-order chi connectivity index (χ1) is 8.06. The number of Topliss-reactive ketones (excluding diaryl/α,β-unsaturated/α-hetero) is 1. The number of nitrogens with two attached hydrogens (primary N) is 1. The zero-order valence-electron chi connectivity index (χ0n) is 9.33. The third kappa shape index (κ3) is 2.87. The molecule has 0 aliphatic carbocycles. The summed E-state index contributed by atoms with van der Waals surface area (Å²) in [6, 6.07) is 2.98. The van der Waals surface area contributed by atoms with Gasteiger partial charge in [-0.25, -0.2) is 8.78 Å². The van der Waals surface area contributed by atoms with E-state index in [2.05, 4.69) is 0 Å². The van der Waals surface area contributed by atoms with Crippen molar-refractivity contribution < 1.29 is 13.6 Å². The summed E-state index contributed by atoms with van der Waals surface area (Å²) in [4.78, 5) is 13.6. The Morgan fingerprint density at radius 3 is 2.88 bits per heavy atom. The lowest BCUT2D eigenvalue weighted by Gasteiger charge is -2.14. The average molecular weight is 240 g/mol. The number of hydrogen-bond donors (Lipinski definition) is 1. The van der Waals surface area contributed by atoms with Crippen LogP contribution in [0.5, 0.6) is 0 Å². The predicted octanol–water partition coefficient (Wildman–Crippen LogP) is 1.18. The molecule has 1 unspecified atom stereocenters. The number of hydrogen-bond acceptors (Lipinski definition) is 3. The van der Waals surface area contributed by atoms with Crippen molar-refractivity contribution in [2.45, 2.75) is 12.5 Å². The number of carbonyl (C=O) groups is 1. The van der Waals surface area contributed by atoms with Crippen LogP contribution in [0.25, 0.3) is 0 Å². The highest BCUT2D eigenvalue weighted by Crippen LogP contribution is 2.13. The minimum atomic E-state index is -0.681. The van der Waals surface area contributed by atoms with Gasteiger partial charge in [-0.1, -0.05) is 0 Å². The summed E-state index contributed by atoms with van der Waals surface area (Å²) in [6.45, 7) is 1.45. The maximum Gasteiger partial charge on any atom is 0.179 e. The molecule has 1 aliphatic rings. The van der Waals surface area contributed by atoms with Crippen LogP contribution < -0.4 is 5.73 Å². The molecule has 1 atom stereocenters. The van der Waals surface area contributed by atoms with Gasteiger partial charge in [0.05, 0.1) is 12.1 Å². The topological polar surface area (TPSA) is 46.3 Å². The molecule has 3 nitrogen and oxygen atoms in total. The number of carbonyl (C=O) groups excluding carboxylic acids is 1. The Morgan fingerprint density at radius 2 is 2.24 bits per heavy atom. The monoisotopic (exact) mass is 240 g/mol. The first-order valence-corrected chi connectivity index (χ1v) is 5.52. The fourth-order valence-electron chi connectivity index (χ4n) is 2.01. The van der Waals surface area contributed by atoms with E-state index in [0.717, 1.165) is 31.2 Å². The quantitative estimate of drug-likeness (QED) is 0.807.